The van der Waals surface area contributed by atoms with Crippen LogP contribution in [0.1, 0.15) is 11.9 Å². The summed E-state index contributed by atoms with van der Waals surface area (Å²) in [6.45, 7) is 0.668. The van der Waals surface area contributed by atoms with Crippen molar-refractivity contribution in [2.45, 2.75) is 6.29 Å². The van der Waals surface area contributed by atoms with Gasteiger partial charge in [-0.15, -0.1) is 0 Å². The van der Waals surface area contributed by atoms with Crippen LogP contribution >= 0.6 is 11.6 Å². The molecule has 5 nitrogen and oxygen atoms in total. The van der Waals surface area contributed by atoms with Gasteiger partial charge >= 0.3 is 0 Å². The maximum absolute atomic E-state index is 13.5. The summed E-state index contributed by atoms with van der Waals surface area (Å²) in [5.74, 6) is -0.678. The van der Waals surface area contributed by atoms with Gasteiger partial charge in [0.1, 0.15) is 10.8 Å². The van der Waals surface area contributed by atoms with E-state index in [1.54, 1.807) is 0 Å². The van der Waals surface area contributed by atoms with Crippen LogP contribution < -0.4 is 0 Å². The van der Waals surface area contributed by atoms with Gasteiger partial charge in [-0.3, -0.25) is 10.1 Å². The molecular weight excluding hydrogens is 241 g/mol. The summed E-state index contributed by atoms with van der Waals surface area (Å²) in [5.41, 5.74) is -0.370. The van der Waals surface area contributed by atoms with Gasteiger partial charge in [0.15, 0.2) is 6.29 Å². The van der Waals surface area contributed by atoms with Gasteiger partial charge in [-0.25, -0.2) is 4.39 Å². The highest BCUT2D eigenvalue weighted by molar-refractivity contribution is 6.32. The second-order valence-corrected chi connectivity index (χ2v) is 3.56. The van der Waals surface area contributed by atoms with E-state index in [0.29, 0.717) is 13.2 Å². The van der Waals surface area contributed by atoms with Gasteiger partial charge in [0.05, 0.1) is 23.7 Å². The van der Waals surface area contributed by atoms with Crippen molar-refractivity contribution in [2.75, 3.05) is 13.2 Å². The van der Waals surface area contributed by atoms with Gasteiger partial charge in [0.25, 0.3) is 5.69 Å². The Hall–Kier alpha value is -1.24. The fraction of sp³-hybridized carbons (Fsp3) is 0.333. The largest absolute Gasteiger partial charge is 0.346 e. The van der Waals surface area contributed by atoms with Gasteiger partial charge in [0, 0.05) is 6.07 Å². The minimum absolute atomic E-state index is 0.00593. The lowest BCUT2D eigenvalue weighted by atomic mass is 10.2. The minimum Gasteiger partial charge on any atom is -0.346 e. The molecule has 86 valence electrons. The number of nitro groups is 1. The smallest absolute Gasteiger partial charge is 0.288 e. The van der Waals surface area contributed by atoms with E-state index in [2.05, 4.69) is 0 Å². The van der Waals surface area contributed by atoms with Crippen LogP contribution in [0.15, 0.2) is 12.1 Å². The van der Waals surface area contributed by atoms with Crippen LogP contribution in [0.4, 0.5) is 10.1 Å². The molecule has 16 heavy (non-hydrogen) atoms. The molecule has 1 fully saturated rings. The number of nitrogens with zero attached hydrogens (tertiary/aromatic N) is 1. The van der Waals surface area contributed by atoms with E-state index in [9.17, 15) is 14.5 Å². The number of hydrogen-bond donors (Lipinski definition) is 0. The van der Waals surface area contributed by atoms with Crippen LogP contribution in [0, 0.1) is 15.9 Å². The second kappa shape index (κ2) is 4.32. The molecule has 0 spiro atoms. The number of benzene rings is 1. The zero-order chi connectivity index (χ0) is 11.7. The number of hydrogen-bond acceptors (Lipinski definition) is 4. The lowest BCUT2D eigenvalue weighted by Crippen LogP contribution is -2.03. The van der Waals surface area contributed by atoms with Crippen LogP contribution in [-0.2, 0) is 9.47 Å². The van der Waals surface area contributed by atoms with E-state index in [1.165, 1.54) is 0 Å². The Morgan fingerprint density at radius 1 is 1.44 bits per heavy atom. The Morgan fingerprint density at radius 2 is 2.06 bits per heavy atom. The third-order valence-electron chi connectivity index (χ3n) is 2.14. The van der Waals surface area contributed by atoms with E-state index in [-0.39, 0.29) is 16.3 Å². The monoisotopic (exact) mass is 247 g/mol. The maximum atomic E-state index is 13.5. The summed E-state index contributed by atoms with van der Waals surface area (Å²) in [5, 5.41) is 10.4. The zero-order valence-electron chi connectivity index (χ0n) is 7.98. The Kier molecular flexibility index (Phi) is 3.04. The molecule has 0 amide bonds. The SMILES string of the molecule is O=[N+]([O-])c1cc(C2OCCO2)c(F)cc1Cl. The van der Waals surface area contributed by atoms with Crippen LogP contribution in [0.5, 0.6) is 0 Å². The Balaban J connectivity index is 2.44. The van der Waals surface area contributed by atoms with Crippen LogP contribution in [-0.4, -0.2) is 18.1 Å². The van der Waals surface area contributed by atoms with E-state index in [4.69, 9.17) is 21.1 Å². The molecule has 0 atom stereocenters. The summed E-state index contributed by atoms with van der Waals surface area (Å²) in [7, 11) is 0. The van der Waals surface area contributed by atoms with Gasteiger partial charge in [-0.2, -0.15) is 0 Å². The van der Waals surface area contributed by atoms with Crippen molar-refractivity contribution in [1.29, 1.82) is 0 Å². The lowest BCUT2D eigenvalue weighted by Gasteiger charge is -2.10. The zero-order valence-corrected chi connectivity index (χ0v) is 8.74. The van der Waals surface area contributed by atoms with Crippen LogP contribution in [0.3, 0.4) is 0 Å². The molecule has 0 aliphatic carbocycles. The van der Waals surface area contributed by atoms with Crippen molar-refractivity contribution in [3.8, 4) is 0 Å². The molecule has 1 saturated heterocycles. The maximum Gasteiger partial charge on any atom is 0.288 e. The van der Waals surface area contributed by atoms with E-state index < -0.39 is 17.0 Å². The normalized spacial score (nSPS) is 16.6. The predicted molar refractivity (Wildman–Crippen MR) is 52.7 cm³/mol. The molecule has 2 rings (SSSR count). The number of halogens is 2. The molecule has 0 saturated carbocycles. The molecule has 1 heterocycles. The highest BCUT2D eigenvalue weighted by atomic mass is 35.5. The standard InChI is InChI=1S/C9H7ClFNO4/c10-6-4-7(11)5(3-8(6)12(13)14)9-15-1-2-16-9/h3-4,9H,1-2H2. The third kappa shape index (κ3) is 1.99. The Morgan fingerprint density at radius 3 is 2.62 bits per heavy atom. The Labute approximate surface area is 94.9 Å². The van der Waals surface area contributed by atoms with Gasteiger partial charge in [-0.05, 0) is 6.07 Å². The molecule has 1 aromatic rings. The first kappa shape index (κ1) is 11.3. The molecule has 1 aliphatic heterocycles. The average molecular weight is 248 g/mol. The van der Waals surface area contributed by atoms with Gasteiger partial charge in [-0.1, -0.05) is 11.6 Å². The number of ether oxygens (including phenoxy) is 2. The first-order valence-electron chi connectivity index (χ1n) is 4.46. The number of rotatable bonds is 2. The summed E-state index contributed by atoms with van der Waals surface area (Å²) in [6, 6.07) is 1.92. The van der Waals surface area contributed by atoms with Crippen molar-refractivity contribution in [3.05, 3.63) is 38.7 Å². The minimum atomic E-state index is -0.893. The average Bonchev–Trinajstić information content (AvgIpc) is 2.70. The van der Waals surface area contributed by atoms with Crippen LogP contribution in [0.2, 0.25) is 5.02 Å². The quantitative estimate of drug-likeness (QED) is 0.595. The van der Waals surface area contributed by atoms with E-state index in [0.717, 1.165) is 12.1 Å². The summed E-state index contributed by atoms with van der Waals surface area (Å²) < 4.78 is 23.6. The third-order valence-corrected chi connectivity index (χ3v) is 2.44. The van der Waals surface area contributed by atoms with Crippen LogP contribution in [0.25, 0.3) is 0 Å². The topological polar surface area (TPSA) is 61.6 Å². The highest BCUT2D eigenvalue weighted by Crippen LogP contribution is 2.33. The van der Waals surface area contributed by atoms with Gasteiger partial charge in [0.2, 0.25) is 0 Å². The van der Waals surface area contributed by atoms with Crippen molar-refractivity contribution >= 4 is 17.3 Å². The molecule has 1 aliphatic rings. The molecule has 1 aromatic carbocycles. The highest BCUT2D eigenvalue weighted by Gasteiger charge is 2.26. The van der Waals surface area contributed by atoms with E-state index in [1.807, 2.05) is 0 Å². The first-order valence-corrected chi connectivity index (χ1v) is 4.84. The molecular formula is C9H7ClFNO4. The Bertz CT molecular complexity index is 434. The van der Waals surface area contributed by atoms with Crippen molar-refractivity contribution < 1.29 is 18.8 Å². The predicted octanol–water partition coefficient (Wildman–Crippen LogP) is 2.43. The van der Waals surface area contributed by atoms with Crippen molar-refractivity contribution in [3.63, 3.8) is 0 Å². The lowest BCUT2D eigenvalue weighted by molar-refractivity contribution is -0.384. The summed E-state index contributed by atoms with van der Waals surface area (Å²) in [6.07, 6.45) is -0.893. The molecule has 7 heteroatoms. The summed E-state index contributed by atoms with van der Waals surface area (Å²) in [4.78, 5) is 9.94. The van der Waals surface area contributed by atoms with Crippen molar-refractivity contribution in [1.82, 2.24) is 0 Å². The second-order valence-electron chi connectivity index (χ2n) is 3.16. The first-order chi connectivity index (χ1) is 7.59. The molecule has 0 unspecified atom stereocenters. The summed E-state index contributed by atoms with van der Waals surface area (Å²) >= 11 is 5.54. The number of nitro benzene ring substituents is 1. The van der Waals surface area contributed by atoms with Gasteiger partial charge < -0.3 is 9.47 Å². The molecule has 0 bridgehead atoms. The molecule has 0 radical (unpaired) electrons. The van der Waals surface area contributed by atoms with E-state index >= 15 is 0 Å². The fourth-order valence-corrected chi connectivity index (χ4v) is 1.63. The van der Waals surface area contributed by atoms with Crippen molar-refractivity contribution in [2.24, 2.45) is 0 Å². The molecule has 0 aromatic heterocycles. The fourth-order valence-electron chi connectivity index (χ4n) is 1.41. The molecule has 0 N–H and O–H groups in total.